The van der Waals surface area contributed by atoms with Gasteiger partial charge in [0.25, 0.3) is 5.91 Å². The SMILES string of the molecule is CCCCC(C(=O)N1CCC[C@H]1C(=O)NC1Cc2ccccc2C1)C(F)C(=O)NO. The largest absolute Gasteiger partial charge is 0.351 e. The summed E-state index contributed by atoms with van der Waals surface area (Å²) in [5.41, 5.74) is 3.73. The minimum absolute atomic E-state index is 0.0163. The van der Waals surface area contributed by atoms with Crippen LogP contribution in [0.2, 0.25) is 0 Å². The van der Waals surface area contributed by atoms with Crippen LogP contribution in [0.5, 0.6) is 0 Å². The van der Waals surface area contributed by atoms with Gasteiger partial charge in [0.15, 0.2) is 6.17 Å². The van der Waals surface area contributed by atoms with E-state index in [4.69, 9.17) is 5.21 Å². The molecule has 30 heavy (non-hydrogen) atoms. The lowest BCUT2D eigenvalue weighted by Gasteiger charge is -2.30. The fourth-order valence-electron chi connectivity index (χ4n) is 4.54. The van der Waals surface area contributed by atoms with Gasteiger partial charge < -0.3 is 10.2 Å². The molecule has 164 valence electrons. The van der Waals surface area contributed by atoms with Crippen molar-refractivity contribution in [1.82, 2.24) is 15.7 Å². The number of amides is 3. The van der Waals surface area contributed by atoms with Gasteiger partial charge >= 0.3 is 0 Å². The van der Waals surface area contributed by atoms with Crippen LogP contribution >= 0.6 is 0 Å². The van der Waals surface area contributed by atoms with Gasteiger partial charge in [-0.1, -0.05) is 44.0 Å². The van der Waals surface area contributed by atoms with Crippen LogP contribution in [0, 0.1) is 5.92 Å². The zero-order valence-electron chi connectivity index (χ0n) is 17.3. The predicted molar refractivity (Wildman–Crippen MR) is 108 cm³/mol. The molecule has 0 aromatic heterocycles. The van der Waals surface area contributed by atoms with E-state index in [-0.39, 0.29) is 18.4 Å². The normalized spacial score (nSPS) is 20.5. The summed E-state index contributed by atoms with van der Waals surface area (Å²) in [5, 5.41) is 11.8. The van der Waals surface area contributed by atoms with Gasteiger partial charge in [-0.25, -0.2) is 9.87 Å². The Bertz CT molecular complexity index is 762. The van der Waals surface area contributed by atoms with Crippen LogP contribution in [0.15, 0.2) is 24.3 Å². The van der Waals surface area contributed by atoms with E-state index in [1.54, 1.807) is 0 Å². The number of unbranched alkanes of at least 4 members (excludes halogenated alkanes) is 1. The number of hydrogen-bond acceptors (Lipinski definition) is 4. The molecule has 0 radical (unpaired) electrons. The van der Waals surface area contributed by atoms with E-state index in [0.717, 1.165) is 19.3 Å². The summed E-state index contributed by atoms with van der Waals surface area (Å²) < 4.78 is 14.6. The van der Waals surface area contributed by atoms with Crippen LogP contribution in [0.4, 0.5) is 4.39 Å². The smallest absolute Gasteiger partial charge is 0.278 e. The zero-order chi connectivity index (χ0) is 21.7. The Hall–Kier alpha value is -2.48. The number of alkyl halides is 1. The highest BCUT2D eigenvalue weighted by molar-refractivity contribution is 5.92. The zero-order valence-corrected chi connectivity index (χ0v) is 17.3. The number of rotatable bonds is 8. The van der Waals surface area contributed by atoms with Crippen LogP contribution in [-0.4, -0.2) is 52.6 Å². The van der Waals surface area contributed by atoms with Crippen molar-refractivity contribution in [3.05, 3.63) is 35.4 Å². The summed E-state index contributed by atoms with van der Waals surface area (Å²) in [6.45, 7) is 2.27. The van der Waals surface area contributed by atoms with Crippen molar-refractivity contribution in [2.75, 3.05) is 6.54 Å². The second-order valence-electron chi connectivity index (χ2n) is 8.20. The molecule has 1 aromatic rings. The Morgan fingerprint density at radius 3 is 2.50 bits per heavy atom. The van der Waals surface area contributed by atoms with E-state index in [0.29, 0.717) is 25.8 Å². The van der Waals surface area contributed by atoms with Crippen molar-refractivity contribution in [3.8, 4) is 0 Å². The number of halogens is 1. The summed E-state index contributed by atoms with van der Waals surface area (Å²) in [7, 11) is 0. The first-order chi connectivity index (χ1) is 14.5. The molecular formula is C22H30FN3O4. The van der Waals surface area contributed by atoms with Gasteiger partial charge in [0.2, 0.25) is 11.8 Å². The molecule has 7 nitrogen and oxygen atoms in total. The van der Waals surface area contributed by atoms with Crippen molar-refractivity contribution in [1.29, 1.82) is 0 Å². The van der Waals surface area contributed by atoms with Gasteiger partial charge in [0.05, 0.1) is 5.92 Å². The lowest BCUT2D eigenvalue weighted by Crippen LogP contribution is -2.52. The number of hydroxylamine groups is 1. The number of fused-ring (bicyclic) bond motifs is 1. The molecule has 0 bridgehead atoms. The van der Waals surface area contributed by atoms with E-state index in [9.17, 15) is 18.8 Å². The summed E-state index contributed by atoms with van der Waals surface area (Å²) in [6, 6.07) is 7.39. The highest BCUT2D eigenvalue weighted by atomic mass is 19.1. The highest BCUT2D eigenvalue weighted by Gasteiger charge is 2.42. The molecule has 0 spiro atoms. The van der Waals surface area contributed by atoms with Gasteiger partial charge in [0, 0.05) is 12.6 Å². The van der Waals surface area contributed by atoms with Gasteiger partial charge in [-0.2, -0.15) is 0 Å². The molecule has 2 aliphatic rings. The van der Waals surface area contributed by atoms with Gasteiger partial charge in [0.1, 0.15) is 6.04 Å². The number of carbonyl (C=O) groups excluding carboxylic acids is 3. The summed E-state index contributed by atoms with van der Waals surface area (Å²) in [6.07, 6.45) is 2.02. The maximum Gasteiger partial charge on any atom is 0.278 e. The molecule has 0 saturated carbocycles. The minimum atomic E-state index is -2.15. The van der Waals surface area contributed by atoms with E-state index in [1.807, 2.05) is 19.1 Å². The molecule has 3 amide bonds. The first-order valence-corrected chi connectivity index (χ1v) is 10.7. The Morgan fingerprint density at radius 2 is 1.90 bits per heavy atom. The molecule has 3 rings (SSSR count). The number of nitrogens with zero attached hydrogens (tertiary/aromatic N) is 1. The fraction of sp³-hybridized carbons (Fsp3) is 0.591. The molecule has 1 saturated heterocycles. The van der Waals surface area contributed by atoms with Crippen LogP contribution in [-0.2, 0) is 27.2 Å². The molecule has 1 heterocycles. The van der Waals surface area contributed by atoms with E-state index >= 15 is 0 Å². The monoisotopic (exact) mass is 419 g/mol. The Labute approximate surface area is 176 Å². The molecule has 1 fully saturated rings. The summed E-state index contributed by atoms with van der Waals surface area (Å²) >= 11 is 0. The highest BCUT2D eigenvalue weighted by Crippen LogP contribution is 2.27. The second-order valence-corrected chi connectivity index (χ2v) is 8.20. The minimum Gasteiger partial charge on any atom is -0.351 e. The van der Waals surface area contributed by atoms with Crippen LogP contribution in [0.1, 0.15) is 50.2 Å². The second kappa shape index (κ2) is 10.0. The van der Waals surface area contributed by atoms with Gasteiger partial charge in [-0.15, -0.1) is 0 Å². The van der Waals surface area contributed by atoms with Gasteiger partial charge in [-0.05, 0) is 43.2 Å². The van der Waals surface area contributed by atoms with Crippen LogP contribution < -0.4 is 10.8 Å². The number of likely N-dealkylation sites (tertiary alicyclic amines) is 1. The fourth-order valence-corrected chi connectivity index (χ4v) is 4.54. The summed E-state index contributed by atoms with van der Waals surface area (Å²) in [4.78, 5) is 39.0. The van der Waals surface area contributed by atoms with E-state index < -0.39 is 29.9 Å². The number of hydrogen-bond donors (Lipinski definition) is 3. The average Bonchev–Trinajstić information content (AvgIpc) is 3.39. The Balaban J connectivity index is 1.66. The van der Waals surface area contributed by atoms with E-state index in [2.05, 4.69) is 17.4 Å². The standard InChI is InChI=1S/C22H30FN3O4/c1-2-3-9-17(19(23)21(28)25-30)22(29)26-11-6-10-18(26)20(27)24-16-12-14-7-4-5-8-15(14)13-16/h4-5,7-8,16-19,30H,2-3,6,9-13H2,1H3,(H,24,27)(H,25,28)/t17?,18-,19?/m0/s1. The molecule has 2 unspecified atom stereocenters. The lowest BCUT2D eigenvalue weighted by molar-refractivity contribution is -0.149. The quantitative estimate of drug-likeness (QED) is 0.443. The number of benzene rings is 1. The Kier molecular flexibility index (Phi) is 7.42. The van der Waals surface area contributed by atoms with Crippen molar-refractivity contribution in [2.45, 2.75) is 70.1 Å². The molecule has 1 aromatic carbocycles. The third-order valence-corrected chi connectivity index (χ3v) is 6.14. The van der Waals surface area contributed by atoms with Gasteiger partial charge in [-0.3, -0.25) is 19.6 Å². The van der Waals surface area contributed by atoms with Crippen molar-refractivity contribution in [2.24, 2.45) is 5.92 Å². The molecule has 3 atom stereocenters. The van der Waals surface area contributed by atoms with Crippen molar-refractivity contribution in [3.63, 3.8) is 0 Å². The van der Waals surface area contributed by atoms with Crippen molar-refractivity contribution < 1.29 is 24.0 Å². The maximum atomic E-state index is 14.6. The third-order valence-electron chi connectivity index (χ3n) is 6.14. The first-order valence-electron chi connectivity index (χ1n) is 10.7. The first kappa shape index (κ1) is 22.2. The molecule has 8 heteroatoms. The number of nitrogens with one attached hydrogen (secondary N) is 2. The average molecular weight is 419 g/mol. The summed E-state index contributed by atoms with van der Waals surface area (Å²) in [5.74, 6) is -3.20. The molecular weight excluding hydrogens is 389 g/mol. The van der Waals surface area contributed by atoms with Crippen LogP contribution in [0.25, 0.3) is 0 Å². The Morgan fingerprint density at radius 1 is 1.23 bits per heavy atom. The maximum absolute atomic E-state index is 14.6. The predicted octanol–water partition coefficient (Wildman–Crippen LogP) is 1.91. The molecule has 1 aliphatic heterocycles. The third kappa shape index (κ3) is 4.80. The van der Waals surface area contributed by atoms with E-state index in [1.165, 1.54) is 21.5 Å². The molecule has 1 aliphatic carbocycles. The molecule has 3 N–H and O–H groups in total. The topological polar surface area (TPSA) is 98.7 Å². The number of carbonyl (C=O) groups is 3. The lowest BCUT2D eigenvalue weighted by atomic mass is 9.94. The van der Waals surface area contributed by atoms with Crippen LogP contribution in [0.3, 0.4) is 0 Å². The van der Waals surface area contributed by atoms with Crippen molar-refractivity contribution >= 4 is 17.7 Å².